The van der Waals surface area contributed by atoms with Gasteiger partial charge in [0.05, 0.1) is 6.61 Å². The molecule has 0 aromatic heterocycles. The van der Waals surface area contributed by atoms with E-state index in [1.807, 2.05) is 18.2 Å². The van der Waals surface area contributed by atoms with Gasteiger partial charge in [0, 0.05) is 24.4 Å². The third-order valence-corrected chi connectivity index (χ3v) is 4.45. The fourth-order valence-corrected chi connectivity index (χ4v) is 2.97. The standard InChI is InChI=1S/C22H24N2O6/c1-2-28-22(27)30-18-10-8-16(9-11-18)20(25)23-14-15-5-3-6-17(13-15)24-21(26)19-7-4-12-29-19/h3,5-6,8-11,13,19H,2,4,7,12,14H2,1H3,(H,23,25)(H,24,26). The number of carbonyl (C=O) groups excluding carboxylic acids is 3. The Labute approximate surface area is 174 Å². The molecule has 1 aliphatic heterocycles. The molecule has 0 radical (unpaired) electrons. The van der Waals surface area contributed by atoms with Crippen molar-refractivity contribution in [2.24, 2.45) is 0 Å². The Balaban J connectivity index is 1.51. The summed E-state index contributed by atoms with van der Waals surface area (Å²) >= 11 is 0. The molecule has 1 saturated heterocycles. The highest BCUT2D eigenvalue weighted by atomic mass is 16.7. The fourth-order valence-electron chi connectivity index (χ4n) is 2.97. The zero-order valence-corrected chi connectivity index (χ0v) is 16.7. The van der Waals surface area contributed by atoms with Gasteiger partial charge in [-0.2, -0.15) is 0 Å². The third kappa shape index (κ3) is 6.05. The van der Waals surface area contributed by atoms with E-state index >= 15 is 0 Å². The summed E-state index contributed by atoms with van der Waals surface area (Å²) in [4.78, 5) is 35.8. The van der Waals surface area contributed by atoms with Crippen LogP contribution in [0.2, 0.25) is 0 Å². The monoisotopic (exact) mass is 412 g/mol. The largest absolute Gasteiger partial charge is 0.513 e. The van der Waals surface area contributed by atoms with Gasteiger partial charge in [-0.15, -0.1) is 0 Å². The maximum Gasteiger partial charge on any atom is 0.513 e. The number of carbonyl (C=O) groups is 3. The van der Waals surface area contributed by atoms with Crippen LogP contribution in [0.4, 0.5) is 10.5 Å². The van der Waals surface area contributed by atoms with E-state index in [1.165, 1.54) is 12.1 Å². The zero-order valence-electron chi connectivity index (χ0n) is 16.7. The Hall–Kier alpha value is -3.39. The van der Waals surface area contributed by atoms with E-state index in [2.05, 4.69) is 10.6 Å². The van der Waals surface area contributed by atoms with Crippen LogP contribution >= 0.6 is 0 Å². The van der Waals surface area contributed by atoms with Crippen molar-refractivity contribution in [1.82, 2.24) is 5.32 Å². The van der Waals surface area contributed by atoms with Gasteiger partial charge in [-0.3, -0.25) is 9.59 Å². The molecule has 2 N–H and O–H groups in total. The number of amides is 2. The molecule has 0 aliphatic carbocycles. The Morgan fingerprint density at radius 1 is 1.13 bits per heavy atom. The molecule has 1 fully saturated rings. The molecule has 158 valence electrons. The molecular weight excluding hydrogens is 388 g/mol. The quantitative estimate of drug-likeness (QED) is 0.534. The van der Waals surface area contributed by atoms with Crippen LogP contribution in [-0.4, -0.2) is 37.3 Å². The Morgan fingerprint density at radius 3 is 2.63 bits per heavy atom. The number of nitrogens with one attached hydrogen (secondary N) is 2. The first-order valence-corrected chi connectivity index (χ1v) is 9.79. The van der Waals surface area contributed by atoms with Crippen molar-refractivity contribution >= 4 is 23.7 Å². The van der Waals surface area contributed by atoms with Crippen molar-refractivity contribution in [3.8, 4) is 5.75 Å². The molecule has 2 amide bonds. The number of rotatable bonds is 7. The molecule has 0 bridgehead atoms. The Kier molecular flexibility index (Phi) is 7.40. The molecule has 8 heteroatoms. The van der Waals surface area contributed by atoms with E-state index in [0.29, 0.717) is 30.2 Å². The molecular formula is C22H24N2O6. The van der Waals surface area contributed by atoms with Crippen molar-refractivity contribution in [3.63, 3.8) is 0 Å². The highest BCUT2D eigenvalue weighted by Crippen LogP contribution is 2.17. The van der Waals surface area contributed by atoms with Gasteiger partial charge in [-0.05, 0) is 61.7 Å². The minimum atomic E-state index is -0.791. The number of hydrogen-bond acceptors (Lipinski definition) is 6. The van der Waals surface area contributed by atoms with Crippen LogP contribution in [0.15, 0.2) is 48.5 Å². The van der Waals surface area contributed by atoms with Crippen LogP contribution in [-0.2, 0) is 20.8 Å². The molecule has 30 heavy (non-hydrogen) atoms. The molecule has 1 aliphatic rings. The van der Waals surface area contributed by atoms with Crippen LogP contribution in [0.25, 0.3) is 0 Å². The highest BCUT2D eigenvalue weighted by molar-refractivity contribution is 5.95. The van der Waals surface area contributed by atoms with Gasteiger partial charge in [-0.1, -0.05) is 12.1 Å². The number of hydrogen-bond donors (Lipinski definition) is 2. The maximum atomic E-state index is 12.4. The van der Waals surface area contributed by atoms with Crippen LogP contribution in [0.5, 0.6) is 5.75 Å². The average Bonchev–Trinajstić information content (AvgIpc) is 3.28. The summed E-state index contributed by atoms with van der Waals surface area (Å²) in [5.74, 6) is -0.134. The van der Waals surface area contributed by atoms with Crippen molar-refractivity contribution in [1.29, 1.82) is 0 Å². The lowest BCUT2D eigenvalue weighted by Gasteiger charge is -2.12. The SMILES string of the molecule is CCOC(=O)Oc1ccc(C(=O)NCc2cccc(NC(=O)C3CCCO3)c2)cc1. The van der Waals surface area contributed by atoms with Crippen LogP contribution in [0.1, 0.15) is 35.7 Å². The van der Waals surface area contributed by atoms with Crippen molar-refractivity contribution < 1.29 is 28.6 Å². The molecule has 2 aromatic carbocycles. The minimum Gasteiger partial charge on any atom is -0.434 e. The molecule has 1 atom stereocenters. The van der Waals surface area contributed by atoms with Crippen LogP contribution in [0, 0.1) is 0 Å². The Morgan fingerprint density at radius 2 is 1.93 bits per heavy atom. The zero-order chi connectivity index (χ0) is 21.3. The van der Waals surface area contributed by atoms with Crippen molar-refractivity contribution in [3.05, 3.63) is 59.7 Å². The van der Waals surface area contributed by atoms with E-state index < -0.39 is 12.3 Å². The second kappa shape index (κ2) is 10.4. The van der Waals surface area contributed by atoms with E-state index in [9.17, 15) is 14.4 Å². The lowest BCUT2D eigenvalue weighted by Crippen LogP contribution is -2.27. The highest BCUT2D eigenvalue weighted by Gasteiger charge is 2.23. The van der Waals surface area contributed by atoms with Gasteiger partial charge >= 0.3 is 6.16 Å². The summed E-state index contributed by atoms with van der Waals surface area (Å²) in [7, 11) is 0. The third-order valence-electron chi connectivity index (χ3n) is 4.45. The van der Waals surface area contributed by atoms with E-state index in [1.54, 1.807) is 25.1 Å². The first kappa shape index (κ1) is 21.3. The van der Waals surface area contributed by atoms with E-state index in [0.717, 1.165) is 18.4 Å². The van der Waals surface area contributed by atoms with Gasteiger partial charge in [0.1, 0.15) is 11.9 Å². The normalized spacial score (nSPS) is 15.3. The summed E-state index contributed by atoms with van der Waals surface area (Å²) in [5.41, 5.74) is 1.92. The van der Waals surface area contributed by atoms with Crippen molar-refractivity contribution in [2.45, 2.75) is 32.4 Å². The number of anilines is 1. The fraction of sp³-hybridized carbons (Fsp3) is 0.318. The second-order valence-corrected chi connectivity index (χ2v) is 6.68. The molecule has 0 saturated carbocycles. The smallest absolute Gasteiger partial charge is 0.434 e. The van der Waals surface area contributed by atoms with Crippen LogP contribution < -0.4 is 15.4 Å². The number of ether oxygens (including phenoxy) is 3. The summed E-state index contributed by atoms with van der Waals surface area (Å²) in [6.07, 6.45) is 0.427. The van der Waals surface area contributed by atoms with Crippen molar-refractivity contribution in [2.75, 3.05) is 18.5 Å². The summed E-state index contributed by atoms with van der Waals surface area (Å²) in [6.45, 7) is 2.81. The van der Waals surface area contributed by atoms with Gasteiger partial charge in [0.2, 0.25) is 0 Å². The molecule has 0 spiro atoms. The molecule has 1 unspecified atom stereocenters. The lowest BCUT2D eigenvalue weighted by atomic mass is 10.1. The molecule has 8 nitrogen and oxygen atoms in total. The van der Waals surface area contributed by atoms with Gasteiger partial charge in [0.25, 0.3) is 11.8 Å². The first-order chi connectivity index (χ1) is 14.5. The summed E-state index contributed by atoms with van der Waals surface area (Å²) in [5, 5.41) is 5.67. The van der Waals surface area contributed by atoms with Gasteiger partial charge < -0.3 is 24.8 Å². The van der Waals surface area contributed by atoms with Gasteiger partial charge in [0.15, 0.2) is 0 Å². The van der Waals surface area contributed by atoms with E-state index in [4.69, 9.17) is 14.2 Å². The molecule has 1 heterocycles. The Bertz CT molecular complexity index is 891. The lowest BCUT2D eigenvalue weighted by molar-refractivity contribution is -0.124. The summed E-state index contributed by atoms with van der Waals surface area (Å²) < 4.78 is 15.0. The molecule has 3 rings (SSSR count). The minimum absolute atomic E-state index is 0.154. The first-order valence-electron chi connectivity index (χ1n) is 9.79. The van der Waals surface area contributed by atoms with Crippen LogP contribution in [0.3, 0.4) is 0 Å². The molecule has 2 aromatic rings. The topological polar surface area (TPSA) is 103 Å². The average molecular weight is 412 g/mol. The predicted octanol–water partition coefficient (Wildman–Crippen LogP) is 3.27. The van der Waals surface area contributed by atoms with Gasteiger partial charge in [-0.25, -0.2) is 4.79 Å². The summed E-state index contributed by atoms with van der Waals surface area (Å²) in [6, 6.07) is 13.4. The maximum absolute atomic E-state index is 12.4. The predicted molar refractivity (Wildman–Crippen MR) is 109 cm³/mol. The van der Waals surface area contributed by atoms with E-state index in [-0.39, 0.29) is 18.4 Å². The number of benzene rings is 2. The second-order valence-electron chi connectivity index (χ2n) is 6.68.